The number of nitrogens with zero attached hydrogens (tertiary/aromatic N) is 2. The third-order valence-corrected chi connectivity index (χ3v) is 10.6. The van der Waals surface area contributed by atoms with E-state index in [0.717, 1.165) is 59.7 Å². The van der Waals surface area contributed by atoms with Crippen LogP contribution in [0.25, 0.3) is 0 Å². The lowest BCUT2D eigenvalue weighted by atomic mass is 9.87. The van der Waals surface area contributed by atoms with Gasteiger partial charge in [-0.25, -0.2) is 0 Å². The maximum Gasteiger partial charge on any atom is 0.171 e. The standard InChI is InChI=1S/C44H60N2O4/c1-33-11-15-35(16-12-33)27-45(7,29-37-19-23-39(47-9)24-20-37)31-41-42(50-44(6,49-41)43(3,4)5)32-46(8,28-36-17-13-34(2)14-18-36)30-38-21-25-40(48-10)26-22-38/h11-26,41-42H,27-32H2,1-10H3/q+2/t41-,42-,44?,45?,46?/m1/s1. The van der Waals surface area contributed by atoms with E-state index in [-0.39, 0.29) is 17.6 Å². The summed E-state index contributed by atoms with van der Waals surface area (Å²) < 4.78 is 26.8. The molecule has 268 valence electrons. The number of ether oxygens (including phenoxy) is 4. The summed E-state index contributed by atoms with van der Waals surface area (Å²) >= 11 is 0. The van der Waals surface area contributed by atoms with Crippen LogP contribution in [0.15, 0.2) is 97.1 Å². The SMILES string of the molecule is COc1ccc(C[N+](C)(Cc2ccc(C)cc2)C[C@H]2OC(C)(C(C)(C)C)O[C@@H]2C[N+](C)(Cc2ccc(C)cc2)Cc2ccc(OC)cc2)cc1. The number of aryl methyl sites for hydroxylation is 2. The summed E-state index contributed by atoms with van der Waals surface area (Å²) in [4.78, 5) is 0. The number of hydrogen-bond donors (Lipinski definition) is 0. The minimum Gasteiger partial charge on any atom is -0.497 e. The maximum absolute atomic E-state index is 7.16. The predicted octanol–water partition coefficient (Wildman–Crippen LogP) is 8.86. The molecule has 1 aliphatic heterocycles. The van der Waals surface area contributed by atoms with E-state index in [1.54, 1.807) is 14.2 Å². The normalized spacial score (nSPS) is 21.7. The van der Waals surface area contributed by atoms with Crippen molar-refractivity contribution >= 4 is 0 Å². The third-order valence-electron chi connectivity index (χ3n) is 10.6. The number of quaternary nitrogens is 2. The van der Waals surface area contributed by atoms with E-state index in [1.165, 1.54) is 33.4 Å². The van der Waals surface area contributed by atoms with Gasteiger partial charge in [-0.2, -0.15) is 0 Å². The van der Waals surface area contributed by atoms with Crippen molar-refractivity contribution in [1.82, 2.24) is 0 Å². The Hall–Kier alpha value is -3.68. The molecule has 1 heterocycles. The van der Waals surface area contributed by atoms with Gasteiger partial charge < -0.3 is 27.9 Å². The highest BCUT2D eigenvalue weighted by atomic mass is 16.8. The molecule has 1 saturated heterocycles. The monoisotopic (exact) mass is 680 g/mol. The molecule has 0 aliphatic carbocycles. The van der Waals surface area contributed by atoms with Crippen LogP contribution in [0.5, 0.6) is 11.5 Å². The largest absolute Gasteiger partial charge is 0.497 e. The molecule has 1 aliphatic rings. The van der Waals surface area contributed by atoms with Crippen LogP contribution in [0, 0.1) is 19.3 Å². The zero-order valence-electron chi connectivity index (χ0n) is 32.2. The molecule has 4 atom stereocenters. The Morgan fingerprint density at radius 3 is 1.08 bits per heavy atom. The first-order valence-electron chi connectivity index (χ1n) is 18.0. The van der Waals surface area contributed by atoms with Gasteiger partial charge in [0, 0.05) is 27.7 Å². The van der Waals surface area contributed by atoms with Crippen LogP contribution in [0.1, 0.15) is 61.1 Å². The molecule has 0 spiro atoms. The zero-order valence-corrected chi connectivity index (χ0v) is 32.2. The molecule has 0 amide bonds. The van der Waals surface area contributed by atoms with Crippen molar-refractivity contribution in [2.45, 2.75) is 85.7 Å². The molecule has 2 unspecified atom stereocenters. The first kappa shape index (κ1) is 37.6. The lowest BCUT2D eigenvalue weighted by Gasteiger charge is -2.40. The lowest BCUT2D eigenvalue weighted by Crippen LogP contribution is -2.54. The summed E-state index contributed by atoms with van der Waals surface area (Å²) in [6.07, 6.45) is -0.224. The highest BCUT2D eigenvalue weighted by molar-refractivity contribution is 5.28. The number of methoxy groups -OCH3 is 2. The number of hydrogen-bond acceptors (Lipinski definition) is 4. The van der Waals surface area contributed by atoms with Crippen LogP contribution in [0.3, 0.4) is 0 Å². The van der Waals surface area contributed by atoms with Crippen molar-refractivity contribution in [2.75, 3.05) is 41.4 Å². The molecule has 0 N–H and O–H groups in total. The summed E-state index contributed by atoms with van der Waals surface area (Å²) in [6.45, 7) is 18.2. The summed E-state index contributed by atoms with van der Waals surface area (Å²) in [6, 6.07) is 35.0. The Bertz CT molecular complexity index is 1550. The molecule has 1 fully saturated rings. The predicted molar refractivity (Wildman–Crippen MR) is 203 cm³/mol. The van der Waals surface area contributed by atoms with Gasteiger partial charge in [0.2, 0.25) is 0 Å². The Labute approximate surface area is 301 Å². The van der Waals surface area contributed by atoms with Crippen molar-refractivity contribution in [3.8, 4) is 11.5 Å². The van der Waals surface area contributed by atoms with Crippen molar-refractivity contribution in [2.24, 2.45) is 5.41 Å². The van der Waals surface area contributed by atoms with Gasteiger partial charge in [-0.1, -0.05) is 80.4 Å². The Balaban J connectivity index is 1.50. The van der Waals surface area contributed by atoms with Gasteiger partial charge in [0.1, 0.15) is 63.0 Å². The van der Waals surface area contributed by atoms with Gasteiger partial charge >= 0.3 is 0 Å². The van der Waals surface area contributed by atoms with Gasteiger partial charge in [0.25, 0.3) is 0 Å². The molecule has 50 heavy (non-hydrogen) atoms. The molecule has 0 bridgehead atoms. The van der Waals surface area contributed by atoms with Crippen LogP contribution in [-0.2, 0) is 35.7 Å². The molecule has 5 rings (SSSR count). The number of rotatable bonds is 14. The summed E-state index contributed by atoms with van der Waals surface area (Å²) in [7, 11) is 8.18. The molecule has 4 aromatic carbocycles. The van der Waals surface area contributed by atoms with Gasteiger partial charge in [-0.3, -0.25) is 0 Å². The van der Waals surface area contributed by atoms with Crippen molar-refractivity contribution in [1.29, 1.82) is 0 Å². The summed E-state index contributed by atoms with van der Waals surface area (Å²) in [5.41, 5.74) is 7.51. The number of likely N-dealkylation sites (N-methyl/N-ethyl adjacent to an activating group) is 2. The highest BCUT2D eigenvalue weighted by Crippen LogP contribution is 2.44. The van der Waals surface area contributed by atoms with Crippen molar-refractivity contribution < 1.29 is 27.9 Å². The van der Waals surface area contributed by atoms with Crippen LogP contribution < -0.4 is 9.47 Å². The molecular formula is C44H60N2O4+2. The van der Waals surface area contributed by atoms with Crippen molar-refractivity contribution in [3.05, 3.63) is 130 Å². The average Bonchev–Trinajstić information content (AvgIpc) is 3.38. The molecule has 6 heteroatoms. The average molecular weight is 681 g/mol. The molecule has 0 saturated carbocycles. The van der Waals surface area contributed by atoms with E-state index in [4.69, 9.17) is 18.9 Å². The Morgan fingerprint density at radius 2 is 0.820 bits per heavy atom. The minimum absolute atomic E-state index is 0.112. The fourth-order valence-electron chi connectivity index (χ4n) is 7.27. The Kier molecular flexibility index (Phi) is 11.5. The van der Waals surface area contributed by atoms with Gasteiger partial charge in [0.05, 0.1) is 28.3 Å². The smallest absolute Gasteiger partial charge is 0.171 e. The summed E-state index contributed by atoms with van der Waals surface area (Å²) in [5.74, 6) is 1.02. The fraction of sp³-hybridized carbons (Fsp3) is 0.455. The second kappa shape index (κ2) is 15.3. The second-order valence-electron chi connectivity index (χ2n) is 16.4. The number of benzene rings is 4. The van der Waals surface area contributed by atoms with E-state index >= 15 is 0 Å². The Morgan fingerprint density at radius 1 is 0.540 bits per heavy atom. The van der Waals surface area contributed by atoms with Gasteiger partial charge in [0.15, 0.2) is 5.79 Å². The topological polar surface area (TPSA) is 36.9 Å². The van der Waals surface area contributed by atoms with E-state index in [0.29, 0.717) is 0 Å². The van der Waals surface area contributed by atoms with Crippen molar-refractivity contribution in [3.63, 3.8) is 0 Å². The maximum atomic E-state index is 7.16. The van der Waals surface area contributed by atoms with Gasteiger partial charge in [-0.05, 0) is 69.3 Å². The van der Waals surface area contributed by atoms with Crippen LogP contribution in [0.2, 0.25) is 0 Å². The van der Waals surface area contributed by atoms with Gasteiger partial charge in [-0.15, -0.1) is 0 Å². The second-order valence-corrected chi connectivity index (χ2v) is 16.4. The van der Waals surface area contributed by atoms with E-state index < -0.39 is 5.79 Å². The highest BCUT2D eigenvalue weighted by Gasteiger charge is 2.55. The molecule has 4 aromatic rings. The van der Waals surface area contributed by atoms with Crippen LogP contribution >= 0.6 is 0 Å². The minimum atomic E-state index is -0.730. The van der Waals surface area contributed by atoms with Crippen LogP contribution in [0.4, 0.5) is 0 Å². The van der Waals surface area contributed by atoms with Crippen LogP contribution in [-0.4, -0.2) is 68.4 Å². The lowest BCUT2D eigenvalue weighted by molar-refractivity contribution is -0.944. The molecule has 0 radical (unpaired) electrons. The fourth-order valence-corrected chi connectivity index (χ4v) is 7.27. The third kappa shape index (κ3) is 9.55. The van der Waals surface area contributed by atoms with E-state index in [2.05, 4.69) is 153 Å². The first-order chi connectivity index (χ1) is 23.6. The van der Waals surface area contributed by atoms with E-state index in [9.17, 15) is 0 Å². The first-order valence-corrected chi connectivity index (χ1v) is 18.0. The van der Waals surface area contributed by atoms with E-state index in [1.807, 2.05) is 0 Å². The quantitative estimate of drug-likeness (QED) is 0.125. The zero-order chi connectivity index (χ0) is 36.2. The summed E-state index contributed by atoms with van der Waals surface area (Å²) in [5, 5.41) is 0. The molecular weight excluding hydrogens is 620 g/mol. The molecule has 0 aromatic heterocycles. The molecule has 6 nitrogen and oxygen atoms in total.